The van der Waals surface area contributed by atoms with Gasteiger partial charge in [-0.15, -0.1) is 0 Å². The van der Waals surface area contributed by atoms with Gasteiger partial charge < -0.3 is 24.1 Å². The molecule has 2 aromatic rings. The Labute approximate surface area is 167 Å². The van der Waals surface area contributed by atoms with Crippen molar-refractivity contribution < 1.29 is 24.1 Å². The summed E-state index contributed by atoms with van der Waals surface area (Å²) in [6.45, 7) is 4.49. The molecule has 0 radical (unpaired) electrons. The number of hydrogen-bond donors (Lipinski definition) is 1. The second-order valence-corrected chi connectivity index (χ2v) is 6.56. The fraction of sp³-hybridized carbons (Fsp3) is 0.455. The van der Waals surface area contributed by atoms with Crippen LogP contribution in [0.1, 0.15) is 18.9 Å². The summed E-state index contributed by atoms with van der Waals surface area (Å²) >= 11 is 0. The molecule has 6 nitrogen and oxygen atoms in total. The van der Waals surface area contributed by atoms with Gasteiger partial charge in [0.25, 0.3) is 0 Å². The first-order chi connectivity index (χ1) is 13.6. The van der Waals surface area contributed by atoms with Crippen LogP contribution in [-0.4, -0.2) is 57.1 Å². The van der Waals surface area contributed by atoms with E-state index in [1.54, 1.807) is 21.3 Å². The van der Waals surface area contributed by atoms with Crippen molar-refractivity contribution in [2.24, 2.45) is 0 Å². The number of ether oxygens (including phenoxy) is 4. The third-order valence-corrected chi connectivity index (χ3v) is 4.36. The van der Waals surface area contributed by atoms with Crippen LogP contribution >= 0.6 is 0 Å². The number of rotatable bonds is 12. The molecule has 0 aliphatic rings. The summed E-state index contributed by atoms with van der Waals surface area (Å²) in [5.41, 5.74) is 1.11. The maximum Gasteiger partial charge on any atom is 0.161 e. The van der Waals surface area contributed by atoms with Crippen molar-refractivity contribution in [3.8, 4) is 23.0 Å². The van der Waals surface area contributed by atoms with Gasteiger partial charge >= 0.3 is 0 Å². The molecular weight excluding hydrogens is 358 g/mol. The molecule has 0 aliphatic heterocycles. The Balaban J connectivity index is 1.91. The van der Waals surface area contributed by atoms with Crippen LogP contribution < -0.4 is 18.9 Å². The minimum Gasteiger partial charge on any atom is -0.497 e. The molecule has 0 fully saturated rings. The van der Waals surface area contributed by atoms with Gasteiger partial charge in [0.05, 0.1) is 21.3 Å². The Morgan fingerprint density at radius 2 is 1.57 bits per heavy atom. The van der Waals surface area contributed by atoms with Crippen LogP contribution in [0.2, 0.25) is 0 Å². The van der Waals surface area contributed by atoms with Crippen LogP contribution in [0.15, 0.2) is 42.5 Å². The van der Waals surface area contributed by atoms with Crippen molar-refractivity contribution in [3.63, 3.8) is 0 Å². The molecule has 0 saturated heterocycles. The van der Waals surface area contributed by atoms with Gasteiger partial charge in [0.15, 0.2) is 11.5 Å². The zero-order valence-corrected chi connectivity index (χ0v) is 17.2. The van der Waals surface area contributed by atoms with E-state index in [-0.39, 0.29) is 6.61 Å². The third-order valence-electron chi connectivity index (χ3n) is 4.36. The molecule has 154 valence electrons. The zero-order chi connectivity index (χ0) is 20.4. The average molecular weight is 389 g/mol. The SMILES string of the molecule is CCCN(Cc1ccc(OC)c(OC)c1)C[C@@H](O)COc1ccc(OC)cc1. The van der Waals surface area contributed by atoms with Gasteiger partial charge in [-0.2, -0.15) is 0 Å². The number of methoxy groups -OCH3 is 3. The minimum absolute atomic E-state index is 0.235. The largest absolute Gasteiger partial charge is 0.497 e. The van der Waals surface area contributed by atoms with Gasteiger partial charge in [-0.1, -0.05) is 13.0 Å². The van der Waals surface area contributed by atoms with Gasteiger partial charge in [0.1, 0.15) is 24.2 Å². The van der Waals surface area contributed by atoms with E-state index < -0.39 is 6.10 Å². The van der Waals surface area contributed by atoms with Gasteiger partial charge in [-0.3, -0.25) is 4.90 Å². The Kier molecular flexibility index (Phi) is 8.91. The number of aliphatic hydroxyl groups excluding tert-OH is 1. The van der Waals surface area contributed by atoms with Crippen molar-refractivity contribution in [1.29, 1.82) is 0 Å². The lowest BCUT2D eigenvalue weighted by Crippen LogP contribution is -2.35. The van der Waals surface area contributed by atoms with Crippen molar-refractivity contribution >= 4 is 0 Å². The van der Waals surface area contributed by atoms with Crippen LogP contribution in [0, 0.1) is 0 Å². The third kappa shape index (κ3) is 6.62. The number of hydrogen-bond acceptors (Lipinski definition) is 6. The van der Waals surface area contributed by atoms with Gasteiger partial charge in [0, 0.05) is 13.1 Å². The predicted molar refractivity (Wildman–Crippen MR) is 110 cm³/mol. The first-order valence-electron chi connectivity index (χ1n) is 9.47. The second-order valence-electron chi connectivity index (χ2n) is 6.56. The molecule has 1 N–H and O–H groups in total. The normalized spacial score (nSPS) is 11.9. The highest BCUT2D eigenvalue weighted by Gasteiger charge is 2.14. The van der Waals surface area contributed by atoms with E-state index in [0.29, 0.717) is 30.3 Å². The predicted octanol–water partition coefficient (Wildman–Crippen LogP) is 3.36. The summed E-state index contributed by atoms with van der Waals surface area (Å²) in [5, 5.41) is 10.4. The zero-order valence-electron chi connectivity index (χ0n) is 17.2. The summed E-state index contributed by atoms with van der Waals surface area (Å²) in [5.74, 6) is 2.90. The lowest BCUT2D eigenvalue weighted by Gasteiger charge is -2.25. The van der Waals surface area contributed by atoms with Gasteiger partial charge in [-0.25, -0.2) is 0 Å². The quantitative estimate of drug-likeness (QED) is 0.601. The van der Waals surface area contributed by atoms with Crippen LogP contribution in [0.3, 0.4) is 0 Å². The van der Waals surface area contributed by atoms with Crippen LogP contribution in [-0.2, 0) is 6.54 Å². The molecule has 0 aromatic heterocycles. The molecule has 0 aliphatic carbocycles. The first-order valence-corrected chi connectivity index (χ1v) is 9.47. The van der Waals surface area contributed by atoms with E-state index in [2.05, 4.69) is 11.8 Å². The van der Waals surface area contributed by atoms with Crippen LogP contribution in [0.25, 0.3) is 0 Å². The van der Waals surface area contributed by atoms with Gasteiger partial charge in [-0.05, 0) is 54.9 Å². The maximum absolute atomic E-state index is 10.4. The number of aliphatic hydroxyl groups is 1. The molecule has 1 atom stereocenters. The molecule has 0 heterocycles. The topological polar surface area (TPSA) is 60.4 Å². The van der Waals surface area contributed by atoms with E-state index in [0.717, 1.165) is 24.3 Å². The Morgan fingerprint density at radius 3 is 2.18 bits per heavy atom. The standard InChI is InChI=1S/C22H31NO5/c1-5-12-23(14-17-6-11-21(26-3)22(13-17)27-4)15-18(24)16-28-20-9-7-19(25-2)8-10-20/h6-11,13,18,24H,5,12,14-16H2,1-4H3/t18-/m1/s1. The minimum atomic E-state index is -0.589. The molecule has 0 amide bonds. The summed E-state index contributed by atoms with van der Waals surface area (Å²) in [6, 6.07) is 13.2. The van der Waals surface area contributed by atoms with Crippen molar-refractivity contribution in [3.05, 3.63) is 48.0 Å². The van der Waals surface area contributed by atoms with Crippen LogP contribution in [0.4, 0.5) is 0 Å². The number of nitrogens with zero attached hydrogens (tertiary/aromatic N) is 1. The molecule has 6 heteroatoms. The molecule has 0 bridgehead atoms. The second kappa shape index (κ2) is 11.4. The highest BCUT2D eigenvalue weighted by Crippen LogP contribution is 2.28. The molecule has 0 saturated carbocycles. The highest BCUT2D eigenvalue weighted by atomic mass is 16.5. The Morgan fingerprint density at radius 1 is 0.893 bits per heavy atom. The van der Waals surface area contributed by atoms with E-state index in [1.165, 1.54) is 0 Å². The van der Waals surface area contributed by atoms with Crippen molar-refractivity contribution in [2.45, 2.75) is 26.0 Å². The Bertz CT molecular complexity index is 705. The molecule has 2 aromatic carbocycles. The molecule has 0 spiro atoms. The van der Waals surface area contributed by atoms with E-state index >= 15 is 0 Å². The fourth-order valence-electron chi connectivity index (χ4n) is 3.00. The summed E-state index contributed by atoms with van der Waals surface area (Å²) in [4.78, 5) is 2.21. The monoisotopic (exact) mass is 389 g/mol. The summed E-state index contributed by atoms with van der Waals surface area (Å²) in [6.07, 6.45) is 0.410. The number of benzene rings is 2. The lowest BCUT2D eigenvalue weighted by molar-refractivity contribution is 0.0655. The first kappa shape index (κ1) is 21.9. The van der Waals surface area contributed by atoms with E-state index in [4.69, 9.17) is 18.9 Å². The summed E-state index contributed by atoms with van der Waals surface area (Å²) < 4.78 is 21.5. The Hall–Kier alpha value is -2.44. The maximum atomic E-state index is 10.4. The molecule has 0 unspecified atom stereocenters. The van der Waals surface area contributed by atoms with Crippen molar-refractivity contribution in [1.82, 2.24) is 4.90 Å². The molecule has 28 heavy (non-hydrogen) atoms. The van der Waals surface area contributed by atoms with Crippen LogP contribution in [0.5, 0.6) is 23.0 Å². The molecular formula is C22H31NO5. The lowest BCUT2D eigenvalue weighted by atomic mass is 10.1. The van der Waals surface area contributed by atoms with Gasteiger partial charge in [0.2, 0.25) is 0 Å². The van der Waals surface area contributed by atoms with Crippen molar-refractivity contribution in [2.75, 3.05) is 41.0 Å². The summed E-state index contributed by atoms with van der Waals surface area (Å²) in [7, 11) is 4.88. The molecule has 2 rings (SSSR count). The van der Waals surface area contributed by atoms with E-state index in [1.807, 2.05) is 42.5 Å². The van der Waals surface area contributed by atoms with E-state index in [9.17, 15) is 5.11 Å². The fourth-order valence-corrected chi connectivity index (χ4v) is 3.00. The highest BCUT2D eigenvalue weighted by molar-refractivity contribution is 5.42. The average Bonchev–Trinajstić information content (AvgIpc) is 2.72. The smallest absolute Gasteiger partial charge is 0.161 e.